The van der Waals surface area contributed by atoms with Crippen molar-refractivity contribution in [1.82, 2.24) is 4.57 Å². The maximum absolute atomic E-state index is 13.5. The number of aromatic nitrogens is 1. The van der Waals surface area contributed by atoms with Gasteiger partial charge in [0.2, 0.25) is 0 Å². The summed E-state index contributed by atoms with van der Waals surface area (Å²) in [5.74, 6) is -0.445. The Morgan fingerprint density at radius 2 is 1.90 bits per heavy atom. The van der Waals surface area contributed by atoms with Crippen molar-refractivity contribution in [3.05, 3.63) is 96.7 Å². The van der Waals surface area contributed by atoms with Crippen molar-refractivity contribution in [2.45, 2.75) is 24.8 Å². The maximum atomic E-state index is 13.5. The summed E-state index contributed by atoms with van der Waals surface area (Å²) in [5, 5.41) is 0. The number of hydrogen-bond acceptors (Lipinski definition) is 6. The quantitative estimate of drug-likeness (QED) is 0.441. The molecule has 4 rings (SSSR count). The third-order valence-corrected chi connectivity index (χ3v) is 6.77. The van der Waals surface area contributed by atoms with Crippen LogP contribution in [-0.2, 0) is 9.53 Å². The smallest absolute Gasteiger partial charge is 0.338 e. The number of nitrogens with zero attached hydrogens (tertiary/aromatic N) is 2. The van der Waals surface area contributed by atoms with Crippen LogP contribution in [0.1, 0.15) is 31.0 Å². The molecule has 3 aromatic rings. The van der Waals surface area contributed by atoms with Gasteiger partial charge in [-0.05, 0) is 49.4 Å². The second-order valence-corrected chi connectivity index (χ2v) is 8.87. The van der Waals surface area contributed by atoms with E-state index < -0.39 is 12.0 Å². The Bertz CT molecular complexity index is 1320. The fourth-order valence-corrected chi connectivity index (χ4v) is 5.05. The van der Waals surface area contributed by atoms with Crippen LogP contribution in [0.5, 0.6) is 0 Å². The van der Waals surface area contributed by atoms with Gasteiger partial charge in [-0.25, -0.2) is 9.79 Å². The molecule has 0 fully saturated rings. The van der Waals surface area contributed by atoms with Gasteiger partial charge in [-0.1, -0.05) is 53.8 Å². The normalized spacial score (nSPS) is 16.1. The van der Waals surface area contributed by atoms with E-state index in [-0.39, 0.29) is 12.2 Å². The summed E-state index contributed by atoms with van der Waals surface area (Å²) >= 11 is 3.01. The van der Waals surface area contributed by atoms with Crippen LogP contribution in [0, 0.1) is 0 Å². The molecule has 1 aliphatic rings. The minimum atomic E-state index is -0.572. The molecule has 1 aromatic heterocycles. The van der Waals surface area contributed by atoms with Gasteiger partial charge in [0, 0.05) is 4.90 Å². The lowest BCUT2D eigenvalue weighted by Crippen LogP contribution is -2.39. The fraction of sp³-hybridized carbons (Fsp3) is 0.208. The summed E-state index contributed by atoms with van der Waals surface area (Å²) in [5.41, 5.74) is 2.60. The van der Waals surface area contributed by atoms with Crippen molar-refractivity contribution in [2.75, 3.05) is 12.9 Å². The molecule has 0 amide bonds. The fourth-order valence-electron chi connectivity index (χ4n) is 3.59. The molecular weight excluding hydrogens is 428 g/mol. The van der Waals surface area contributed by atoms with Crippen molar-refractivity contribution in [1.29, 1.82) is 0 Å². The lowest BCUT2D eigenvalue weighted by Gasteiger charge is -2.24. The van der Waals surface area contributed by atoms with Crippen molar-refractivity contribution < 1.29 is 9.53 Å². The number of esters is 1. The molecule has 1 aliphatic heterocycles. The first kappa shape index (κ1) is 21.3. The molecule has 0 aliphatic carbocycles. The molecule has 2 aromatic carbocycles. The van der Waals surface area contributed by atoms with E-state index in [2.05, 4.69) is 4.99 Å². The van der Waals surface area contributed by atoms with Gasteiger partial charge >= 0.3 is 5.97 Å². The predicted molar refractivity (Wildman–Crippen MR) is 125 cm³/mol. The van der Waals surface area contributed by atoms with Gasteiger partial charge in [0.1, 0.15) is 0 Å². The van der Waals surface area contributed by atoms with E-state index in [1.165, 1.54) is 11.3 Å². The van der Waals surface area contributed by atoms with E-state index in [1.54, 1.807) is 30.2 Å². The van der Waals surface area contributed by atoms with Gasteiger partial charge in [-0.15, -0.1) is 11.8 Å². The lowest BCUT2D eigenvalue weighted by molar-refractivity contribution is -0.139. The summed E-state index contributed by atoms with van der Waals surface area (Å²) < 4.78 is 7.49. The number of ether oxygens (including phenoxy) is 1. The van der Waals surface area contributed by atoms with Crippen LogP contribution in [0.2, 0.25) is 0 Å². The molecule has 31 heavy (non-hydrogen) atoms. The lowest BCUT2D eigenvalue weighted by atomic mass is 9.96. The van der Waals surface area contributed by atoms with Crippen molar-refractivity contribution >= 4 is 35.1 Å². The first-order valence-electron chi connectivity index (χ1n) is 9.92. The summed E-state index contributed by atoms with van der Waals surface area (Å²) in [6.07, 6.45) is 3.90. The van der Waals surface area contributed by atoms with E-state index in [1.807, 2.05) is 66.9 Å². The molecule has 5 nitrogen and oxygen atoms in total. The van der Waals surface area contributed by atoms with Crippen LogP contribution >= 0.6 is 23.1 Å². The SMILES string of the molecule is CCOC(=O)C1=C(C)N=c2s/c(=C/c3ccc(SC)cc3)c(=O)n2[C@@H]1c1ccccc1. The van der Waals surface area contributed by atoms with Crippen LogP contribution in [0.25, 0.3) is 6.08 Å². The summed E-state index contributed by atoms with van der Waals surface area (Å²) in [7, 11) is 0. The Morgan fingerprint density at radius 1 is 1.19 bits per heavy atom. The molecule has 158 valence electrons. The number of carbonyl (C=O) groups is 1. The zero-order valence-corrected chi connectivity index (χ0v) is 19.1. The number of benzene rings is 2. The average Bonchev–Trinajstić information content (AvgIpc) is 3.08. The molecule has 2 heterocycles. The highest BCUT2D eigenvalue weighted by Crippen LogP contribution is 2.30. The Balaban J connectivity index is 1.91. The molecule has 1 atom stereocenters. The second-order valence-electron chi connectivity index (χ2n) is 6.99. The molecule has 0 radical (unpaired) electrons. The summed E-state index contributed by atoms with van der Waals surface area (Å²) in [6, 6.07) is 17.0. The highest BCUT2D eigenvalue weighted by molar-refractivity contribution is 7.98. The van der Waals surface area contributed by atoms with Crippen LogP contribution in [0.15, 0.2) is 80.5 Å². The van der Waals surface area contributed by atoms with E-state index in [0.717, 1.165) is 16.0 Å². The number of allylic oxidation sites excluding steroid dienone is 1. The van der Waals surface area contributed by atoms with E-state index in [0.29, 0.717) is 20.6 Å². The van der Waals surface area contributed by atoms with E-state index in [4.69, 9.17) is 4.74 Å². The Morgan fingerprint density at radius 3 is 2.55 bits per heavy atom. The maximum Gasteiger partial charge on any atom is 0.338 e. The third kappa shape index (κ3) is 4.16. The first-order chi connectivity index (χ1) is 15.0. The zero-order valence-electron chi connectivity index (χ0n) is 17.5. The van der Waals surface area contributed by atoms with Gasteiger partial charge < -0.3 is 4.74 Å². The van der Waals surface area contributed by atoms with Gasteiger partial charge in [-0.2, -0.15) is 0 Å². The van der Waals surface area contributed by atoms with Crippen LogP contribution < -0.4 is 14.9 Å². The number of hydrogen-bond donors (Lipinski definition) is 0. The molecule has 0 spiro atoms. The van der Waals surface area contributed by atoms with Gasteiger partial charge in [0.15, 0.2) is 4.80 Å². The predicted octanol–water partition coefficient (Wildman–Crippen LogP) is 3.52. The topological polar surface area (TPSA) is 60.7 Å². The van der Waals surface area contributed by atoms with Crippen molar-refractivity contribution in [3.63, 3.8) is 0 Å². The first-order valence-corrected chi connectivity index (χ1v) is 12.0. The number of thiazole rings is 1. The number of carbonyl (C=O) groups excluding carboxylic acids is 1. The number of rotatable bonds is 5. The highest BCUT2D eigenvalue weighted by atomic mass is 32.2. The van der Waals surface area contributed by atoms with Gasteiger partial charge in [-0.3, -0.25) is 9.36 Å². The molecule has 0 unspecified atom stereocenters. The minimum absolute atomic E-state index is 0.166. The third-order valence-electron chi connectivity index (χ3n) is 5.05. The molecule has 0 bridgehead atoms. The molecular formula is C24H22N2O3S2. The van der Waals surface area contributed by atoms with E-state index in [9.17, 15) is 9.59 Å². The molecule has 7 heteroatoms. The standard InChI is InChI=1S/C24H22N2O3S2/c1-4-29-23(28)20-15(2)25-24-26(21(20)17-8-6-5-7-9-17)22(27)19(31-24)14-16-10-12-18(30-3)13-11-16/h5-14,21H,4H2,1-3H3/b19-14+/t21-/m1/s1. The minimum Gasteiger partial charge on any atom is -0.463 e. The Hall–Kier alpha value is -2.90. The Kier molecular flexibility index (Phi) is 6.25. The van der Waals surface area contributed by atoms with Crippen LogP contribution in [-0.4, -0.2) is 23.4 Å². The monoisotopic (exact) mass is 450 g/mol. The molecule has 0 N–H and O–H groups in total. The molecule has 0 saturated heterocycles. The van der Waals surface area contributed by atoms with Gasteiger partial charge in [0.25, 0.3) is 5.56 Å². The summed E-state index contributed by atoms with van der Waals surface area (Å²) in [4.78, 5) is 32.6. The number of fused-ring (bicyclic) bond motifs is 1. The Labute approximate surface area is 188 Å². The molecule has 0 saturated carbocycles. The van der Waals surface area contributed by atoms with Crippen LogP contribution in [0.4, 0.5) is 0 Å². The van der Waals surface area contributed by atoms with Crippen LogP contribution in [0.3, 0.4) is 0 Å². The summed E-state index contributed by atoms with van der Waals surface area (Å²) in [6.45, 7) is 3.82. The second kappa shape index (κ2) is 9.08. The zero-order chi connectivity index (χ0) is 22.0. The number of thioether (sulfide) groups is 1. The van der Waals surface area contributed by atoms with Gasteiger partial charge in [0.05, 0.1) is 28.5 Å². The highest BCUT2D eigenvalue weighted by Gasteiger charge is 2.33. The van der Waals surface area contributed by atoms with Crippen molar-refractivity contribution in [3.8, 4) is 0 Å². The average molecular weight is 451 g/mol. The van der Waals surface area contributed by atoms with E-state index >= 15 is 0 Å². The van der Waals surface area contributed by atoms with Crippen molar-refractivity contribution in [2.24, 2.45) is 4.99 Å². The largest absolute Gasteiger partial charge is 0.463 e.